The molecule has 0 aliphatic rings. The Kier molecular flexibility index (Phi) is 12.8. The van der Waals surface area contributed by atoms with Crippen LogP contribution in [0.25, 0.3) is 0 Å². The van der Waals surface area contributed by atoms with Crippen molar-refractivity contribution in [3.63, 3.8) is 0 Å². The van der Waals surface area contributed by atoms with Gasteiger partial charge in [-0.05, 0) is 95.9 Å². The minimum atomic E-state index is -0.117. The highest BCUT2D eigenvalue weighted by Gasteiger charge is 2.21. The lowest BCUT2D eigenvalue weighted by molar-refractivity contribution is 0.119. The van der Waals surface area contributed by atoms with Crippen LogP contribution in [0.3, 0.4) is 0 Å². The molecule has 4 N–H and O–H groups in total. The van der Waals surface area contributed by atoms with Crippen LogP contribution in [-0.2, 0) is 25.7 Å². The fraction of sp³-hybridized carbons (Fsp3) is 0.333. The van der Waals surface area contributed by atoms with Crippen molar-refractivity contribution >= 4 is 0 Å². The second-order valence-corrected chi connectivity index (χ2v) is 11.0. The van der Waals surface area contributed by atoms with E-state index >= 15 is 0 Å². The van der Waals surface area contributed by atoms with Crippen molar-refractivity contribution in [2.75, 3.05) is 13.2 Å². The number of hydrogen-bond donors (Lipinski definition) is 4. The molecule has 4 rings (SSSR count). The molecule has 0 heterocycles. The van der Waals surface area contributed by atoms with Gasteiger partial charge in [-0.1, -0.05) is 98.8 Å². The summed E-state index contributed by atoms with van der Waals surface area (Å²) in [5.41, 5.74) is 4.75. The van der Waals surface area contributed by atoms with Crippen molar-refractivity contribution in [3.05, 3.63) is 131 Å². The standard InChI is InChI=1S/C18H22O4.C18H22/c19-11-15(7-13-3-1-5-17(21)9-13)16(12-20)8-14-4-2-6-18(22)10-14;1-15(13-17-9-5-3-6-10-17)16(2)14-18-11-7-4-8-12-18/h1-6,9-10,15-16,19-22H,7-8,11-12H2;3-12,15-16H,13-14H2,1-2H3/t15-,16-;/m0./s1. The lowest BCUT2D eigenvalue weighted by Crippen LogP contribution is -2.26. The van der Waals surface area contributed by atoms with Gasteiger partial charge in [0.15, 0.2) is 0 Å². The first kappa shape index (κ1) is 30.9. The van der Waals surface area contributed by atoms with Crippen LogP contribution in [0.5, 0.6) is 11.5 Å². The predicted octanol–water partition coefficient (Wildman–Crippen LogP) is 6.84. The molecular weight excluding hydrogens is 496 g/mol. The quantitative estimate of drug-likeness (QED) is 0.159. The van der Waals surface area contributed by atoms with Gasteiger partial charge in [-0.3, -0.25) is 0 Å². The highest BCUT2D eigenvalue weighted by molar-refractivity contribution is 5.29. The summed E-state index contributed by atoms with van der Waals surface area (Å²) in [4.78, 5) is 0. The van der Waals surface area contributed by atoms with Gasteiger partial charge in [-0.25, -0.2) is 0 Å². The third-order valence-electron chi connectivity index (χ3n) is 7.73. The van der Waals surface area contributed by atoms with Gasteiger partial charge in [0.2, 0.25) is 0 Å². The molecular formula is C36H44O4. The molecule has 0 aliphatic carbocycles. The molecule has 0 bridgehead atoms. The minimum Gasteiger partial charge on any atom is -0.508 e. The molecule has 2 unspecified atom stereocenters. The van der Waals surface area contributed by atoms with Crippen LogP contribution in [0.15, 0.2) is 109 Å². The first-order valence-corrected chi connectivity index (χ1v) is 14.2. The largest absolute Gasteiger partial charge is 0.508 e. The molecule has 4 atom stereocenters. The van der Waals surface area contributed by atoms with E-state index in [9.17, 15) is 20.4 Å². The highest BCUT2D eigenvalue weighted by Crippen LogP contribution is 2.25. The number of aliphatic hydroxyl groups is 2. The van der Waals surface area contributed by atoms with E-state index in [2.05, 4.69) is 74.5 Å². The Morgan fingerprint density at radius 3 is 1.12 bits per heavy atom. The minimum absolute atomic E-state index is 0.0420. The van der Waals surface area contributed by atoms with E-state index in [0.717, 1.165) is 11.1 Å². The Morgan fingerprint density at radius 1 is 0.450 bits per heavy atom. The van der Waals surface area contributed by atoms with Crippen LogP contribution in [0.1, 0.15) is 36.1 Å². The van der Waals surface area contributed by atoms with Gasteiger partial charge in [0.25, 0.3) is 0 Å². The van der Waals surface area contributed by atoms with Gasteiger partial charge in [-0.15, -0.1) is 0 Å². The second kappa shape index (κ2) is 16.5. The van der Waals surface area contributed by atoms with Crippen LogP contribution in [0.4, 0.5) is 0 Å². The van der Waals surface area contributed by atoms with E-state index in [1.54, 1.807) is 36.4 Å². The van der Waals surface area contributed by atoms with Crippen molar-refractivity contribution < 1.29 is 20.4 Å². The Hall–Kier alpha value is -3.60. The molecule has 4 aromatic carbocycles. The molecule has 40 heavy (non-hydrogen) atoms. The predicted molar refractivity (Wildman–Crippen MR) is 163 cm³/mol. The molecule has 4 nitrogen and oxygen atoms in total. The zero-order chi connectivity index (χ0) is 28.7. The Morgan fingerprint density at radius 2 is 0.800 bits per heavy atom. The molecule has 212 valence electrons. The SMILES string of the molecule is CC(Cc1ccccc1)C(C)Cc1ccccc1.OC[C@H](Cc1cccc(O)c1)[C@H](CO)Cc1cccc(O)c1. The molecule has 0 saturated carbocycles. The van der Waals surface area contributed by atoms with Crippen molar-refractivity contribution in [1.82, 2.24) is 0 Å². The normalized spacial score (nSPS) is 13.9. The topological polar surface area (TPSA) is 80.9 Å². The van der Waals surface area contributed by atoms with E-state index in [4.69, 9.17) is 0 Å². The maximum Gasteiger partial charge on any atom is 0.115 e. The first-order chi connectivity index (χ1) is 19.4. The Bertz CT molecular complexity index is 1140. The number of hydrogen-bond acceptors (Lipinski definition) is 4. The molecule has 0 fully saturated rings. The zero-order valence-electron chi connectivity index (χ0n) is 23.7. The van der Waals surface area contributed by atoms with Crippen molar-refractivity contribution in [2.45, 2.75) is 39.5 Å². The maximum atomic E-state index is 9.67. The summed E-state index contributed by atoms with van der Waals surface area (Å²) in [6.07, 6.45) is 3.51. The van der Waals surface area contributed by atoms with E-state index in [1.165, 1.54) is 24.0 Å². The average molecular weight is 541 g/mol. The molecule has 0 radical (unpaired) electrons. The van der Waals surface area contributed by atoms with Crippen LogP contribution in [-0.4, -0.2) is 33.6 Å². The number of benzene rings is 4. The Labute approximate surface area is 239 Å². The summed E-state index contributed by atoms with van der Waals surface area (Å²) >= 11 is 0. The maximum absolute atomic E-state index is 9.67. The fourth-order valence-electron chi connectivity index (χ4n) is 5.11. The van der Waals surface area contributed by atoms with Crippen molar-refractivity contribution in [2.24, 2.45) is 23.7 Å². The second-order valence-electron chi connectivity index (χ2n) is 11.0. The summed E-state index contributed by atoms with van der Waals surface area (Å²) in [6, 6.07) is 35.5. The lowest BCUT2D eigenvalue weighted by Gasteiger charge is -2.24. The van der Waals surface area contributed by atoms with Gasteiger partial charge >= 0.3 is 0 Å². The fourth-order valence-corrected chi connectivity index (χ4v) is 5.11. The Balaban J connectivity index is 0.000000225. The molecule has 0 aliphatic heterocycles. The number of aromatic hydroxyl groups is 2. The molecule has 0 amide bonds. The van der Waals surface area contributed by atoms with E-state index < -0.39 is 0 Å². The van der Waals surface area contributed by atoms with Gasteiger partial charge in [0, 0.05) is 13.2 Å². The third-order valence-corrected chi connectivity index (χ3v) is 7.73. The van der Waals surface area contributed by atoms with E-state index in [-0.39, 0.29) is 36.5 Å². The number of aliphatic hydroxyl groups excluding tert-OH is 2. The van der Waals surface area contributed by atoms with Crippen LogP contribution in [0, 0.1) is 23.7 Å². The molecule has 0 saturated heterocycles. The van der Waals surface area contributed by atoms with E-state index in [0.29, 0.717) is 24.7 Å². The molecule has 0 aromatic heterocycles. The van der Waals surface area contributed by atoms with Gasteiger partial charge in [-0.2, -0.15) is 0 Å². The van der Waals surface area contributed by atoms with Gasteiger partial charge < -0.3 is 20.4 Å². The highest BCUT2D eigenvalue weighted by atomic mass is 16.3. The zero-order valence-corrected chi connectivity index (χ0v) is 23.7. The molecule has 0 spiro atoms. The van der Waals surface area contributed by atoms with Gasteiger partial charge in [0.05, 0.1) is 0 Å². The lowest BCUT2D eigenvalue weighted by atomic mass is 9.83. The smallest absolute Gasteiger partial charge is 0.115 e. The monoisotopic (exact) mass is 540 g/mol. The molecule has 4 heteroatoms. The number of rotatable bonds is 12. The number of phenols is 2. The van der Waals surface area contributed by atoms with E-state index in [1.807, 2.05) is 12.1 Å². The summed E-state index contributed by atoms with van der Waals surface area (Å²) in [6.45, 7) is 4.64. The average Bonchev–Trinajstić information content (AvgIpc) is 2.96. The number of phenolic OH excluding ortho intramolecular Hbond substituents is 2. The van der Waals surface area contributed by atoms with Crippen molar-refractivity contribution in [1.29, 1.82) is 0 Å². The first-order valence-electron chi connectivity index (χ1n) is 14.2. The summed E-state index contributed by atoms with van der Waals surface area (Å²) in [5.74, 6) is 1.59. The van der Waals surface area contributed by atoms with Crippen LogP contribution in [0.2, 0.25) is 0 Å². The van der Waals surface area contributed by atoms with Gasteiger partial charge in [0.1, 0.15) is 11.5 Å². The summed E-state index contributed by atoms with van der Waals surface area (Å²) in [7, 11) is 0. The summed E-state index contributed by atoms with van der Waals surface area (Å²) in [5, 5.41) is 38.4. The van der Waals surface area contributed by atoms with Crippen LogP contribution >= 0.6 is 0 Å². The third kappa shape index (κ3) is 10.5. The summed E-state index contributed by atoms with van der Waals surface area (Å²) < 4.78 is 0. The van der Waals surface area contributed by atoms with Crippen molar-refractivity contribution in [3.8, 4) is 11.5 Å². The van der Waals surface area contributed by atoms with Crippen LogP contribution < -0.4 is 0 Å². The molecule has 4 aromatic rings.